The first-order chi connectivity index (χ1) is 8.88. The first kappa shape index (κ1) is 14.3. The lowest BCUT2D eigenvalue weighted by Crippen LogP contribution is -2.45. The third-order valence-electron chi connectivity index (χ3n) is 4.14. The normalized spacial score (nSPS) is 18.6. The number of nitrogens with zero attached hydrogens (tertiary/aromatic N) is 3. The Labute approximate surface area is 117 Å². The molecule has 1 aliphatic heterocycles. The lowest BCUT2D eigenvalue weighted by Gasteiger charge is -2.41. The van der Waals surface area contributed by atoms with Crippen molar-refractivity contribution in [3.8, 4) is 0 Å². The molecule has 1 fully saturated rings. The number of aromatic nitrogens is 1. The second-order valence-corrected chi connectivity index (χ2v) is 6.77. The molecule has 0 atom stereocenters. The number of likely N-dealkylation sites (tertiary alicyclic amines) is 1. The zero-order valence-corrected chi connectivity index (χ0v) is 13.0. The highest BCUT2D eigenvalue weighted by molar-refractivity contribution is 5.40. The second kappa shape index (κ2) is 5.49. The smallest absolute Gasteiger partial charge is 0.128 e. The molecule has 1 aromatic rings. The van der Waals surface area contributed by atoms with Gasteiger partial charge in [0.05, 0.1) is 0 Å². The van der Waals surface area contributed by atoms with Crippen molar-refractivity contribution in [1.29, 1.82) is 0 Å². The molecular formula is C16H27N3. The Morgan fingerprint density at radius 2 is 1.84 bits per heavy atom. The van der Waals surface area contributed by atoms with Gasteiger partial charge >= 0.3 is 0 Å². The molecule has 3 heteroatoms. The Hall–Kier alpha value is -1.09. The third kappa shape index (κ3) is 3.47. The fourth-order valence-corrected chi connectivity index (χ4v) is 2.82. The maximum atomic E-state index is 4.40. The van der Waals surface area contributed by atoms with Crippen LogP contribution in [0.4, 0.5) is 5.82 Å². The maximum Gasteiger partial charge on any atom is 0.128 e. The Morgan fingerprint density at radius 3 is 2.37 bits per heavy atom. The minimum absolute atomic E-state index is 0.304. The fraction of sp³-hybridized carbons (Fsp3) is 0.688. The van der Waals surface area contributed by atoms with E-state index in [0.29, 0.717) is 11.5 Å². The van der Waals surface area contributed by atoms with E-state index in [1.165, 1.54) is 31.5 Å². The summed E-state index contributed by atoms with van der Waals surface area (Å²) in [6.45, 7) is 9.33. The van der Waals surface area contributed by atoms with Crippen LogP contribution in [-0.2, 0) is 0 Å². The molecule has 0 N–H and O–H groups in total. The zero-order chi connectivity index (χ0) is 14.0. The first-order valence-corrected chi connectivity index (χ1v) is 7.26. The van der Waals surface area contributed by atoms with E-state index in [0.717, 1.165) is 5.82 Å². The average molecular weight is 261 g/mol. The highest BCUT2D eigenvalue weighted by Crippen LogP contribution is 2.31. The topological polar surface area (TPSA) is 19.4 Å². The SMILES string of the molecule is CN(C)c1cc(C2CCN(C(C)(C)C)CC2)ccn1. The molecule has 106 valence electrons. The Balaban J connectivity index is 2.03. The Morgan fingerprint density at radius 1 is 1.21 bits per heavy atom. The molecule has 19 heavy (non-hydrogen) atoms. The molecule has 0 bridgehead atoms. The summed E-state index contributed by atoms with van der Waals surface area (Å²) in [6.07, 6.45) is 4.46. The van der Waals surface area contributed by atoms with Gasteiger partial charge in [-0.05, 0) is 70.3 Å². The molecule has 3 nitrogen and oxygen atoms in total. The highest BCUT2D eigenvalue weighted by atomic mass is 15.2. The van der Waals surface area contributed by atoms with E-state index in [9.17, 15) is 0 Å². The van der Waals surface area contributed by atoms with Crippen molar-refractivity contribution in [2.45, 2.75) is 45.1 Å². The quantitative estimate of drug-likeness (QED) is 0.815. The molecule has 0 saturated carbocycles. The van der Waals surface area contributed by atoms with Gasteiger partial charge in [-0.2, -0.15) is 0 Å². The summed E-state index contributed by atoms with van der Waals surface area (Å²) in [7, 11) is 4.10. The van der Waals surface area contributed by atoms with Crippen LogP contribution in [0.25, 0.3) is 0 Å². The number of anilines is 1. The Kier molecular flexibility index (Phi) is 4.14. The number of piperidine rings is 1. The summed E-state index contributed by atoms with van der Waals surface area (Å²) in [4.78, 5) is 9.08. The van der Waals surface area contributed by atoms with Crippen LogP contribution in [0.5, 0.6) is 0 Å². The fourth-order valence-electron chi connectivity index (χ4n) is 2.82. The molecule has 1 aliphatic rings. The van der Waals surface area contributed by atoms with Gasteiger partial charge in [-0.3, -0.25) is 4.90 Å². The van der Waals surface area contributed by atoms with Gasteiger partial charge in [-0.1, -0.05) is 0 Å². The van der Waals surface area contributed by atoms with Gasteiger partial charge in [0, 0.05) is 25.8 Å². The monoisotopic (exact) mass is 261 g/mol. The largest absolute Gasteiger partial charge is 0.363 e. The van der Waals surface area contributed by atoms with Gasteiger partial charge in [0.25, 0.3) is 0 Å². The van der Waals surface area contributed by atoms with Crippen LogP contribution in [0.3, 0.4) is 0 Å². The molecule has 0 aliphatic carbocycles. The van der Waals surface area contributed by atoms with Gasteiger partial charge in [0.2, 0.25) is 0 Å². The second-order valence-electron chi connectivity index (χ2n) is 6.77. The molecule has 0 radical (unpaired) electrons. The average Bonchev–Trinajstić information content (AvgIpc) is 2.38. The number of hydrogen-bond acceptors (Lipinski definition) is 3. The number of rotatable bonds is 2. The van der Waals surface area contributed by atoms with Crippen molar-refractivity contribution in [1.82, 2.24) is 9.88 Å². The van der Waals surface area contributed by atoms with Crippen LogP contribution in [0.15, 0.2) is 18.3 Å². The number of hydrogen-bond donors (Lipinski definition) is 0. The molecule has 1 saturated heterocycles. The molecule has 0 spiro atoms. The summed E-state index contributed by atoms with van der Waals surface area (Å²) in [5.41, 5.74) is 1.75. The van der Waals surface area contributed by atoms with Gasteiger partial charge in [-0.15, -0.1) is 0 Å². The van der Waals surface area contributed by atoms with Crippen molar-refractivity contribution >= 4 is 5.82 Å². The van der Waals surface area contributed by atoms with Crippen molar-refractivity contribution in [2.24, 2.45) is 0 Å². The molecule has 0 unspecified atom stereocenters. The first-order valence-electron chi connectivity index (χ1n) is 7.26. The van der Waals surface area contributed by atoms with E-state index in [2.05, 4.69) is 47.7 Å². The molecule has 1 aromatic heterocycles. The molecule has 2 heterocycles. The lowest BCUT2D eigenvalue weighted by atomic mass is 9.88. The van der Waals surface area contributed by atoms with E-state index in [4.69, 9.17) is 0 Å². The predicted octanol–water partition coefficient (Wildman–Crippen LogP) is 3.13. The summed E-state index contributed by atoms with van der Waals surface area (Å²) in [5.74, 6) is 1.76. The molecule has 0 amide bonds. The summed E-state index contributed by atoms with van der Waals surface area (Å²) >= 11 is 0. The number of pyridine rings is 1. The van der Waals surface area contributed by atoms with Crippen molar-refractivity contribution in [2.75, 3.05) is 32.1 Å². The lowest BCUT2D eigenvalue weighted by molar-refractivity contribution is 0.102. The van der Waals surface area contributed by atoms with Crippen LogP contribution in [-0.4, -0.2) is 42.6 Å². The standard InChI is InChI=1S/C16H27N3/c1-16(2,3)19-10-7-13(8-11-19)14-6-9-17-15(12-14)18(4)5/h6,9,12-13H,7-8,10-11H2,1-5H3. The molecular weight excluding hydrogens is 234 g/mol. The van der Waals surface area contributed by atoms with Crippen LogP contribution in [0.2, 0.25) is 0 Å². The van der Waals surface area contributed by atoms with Crippen molar-refractivity contribution < 1.29 is 0 Å². The third-order valence-corrected chi connectivity index (χ3v) is 4.14. The van der Waals surface area contributed by atoms with E-state index in [1.807, 2.05) is 20.3 Å². The Bertz CT molecular complexity index is 412. The molecule has 0 aromatic carbocycles. The van der Waals surface area contributed by atoms with Crippen LogP contribution >= 0.6 is 0 Å². The van der Waals surface area contributed by atoms with Crippen molar-refractivity contribution in [3.05, 3.63) is 23.9 Å². The van der Waals surface area contributed by atoms with Gasteiger partial charge in [0.15, 0.2) is 0 Å². The van der Waals surface area contributed by atoms with Crippen LogP contribution in [0, 0.1) is 0 Å². The van der Waals surface area contributed by atoms with E-state index >= 15 is 0 Å². The molecule has 2 rings (SSSR count). The van der Waals surface area contributed by atoms with E-state index in [-0.39, 0.29) is 0 Å². The van der Waals surface area contributed by atoms with E-state index < -0.39 is 0 Å². The van der Waals surface area contributed by atoms with Gasteiger partial charge in [0.1, 0.15) is 5.82 Å². The summed E-state index contributed by atoms with van der Waals surface area (Å²) < 4.78 is 0. The minimum Gasteiger partial charge on any atom is -0.363 e. The van der Waals surface area contributed by atoms with Gasteiger partial charge in [-0.25, -0.2) is 4.98 Å². The van der Waals surface area contributed by atoms with Crippen LogP contribution < -0.4 is 4.90 Å². The summed E-state index contributed by atoms with van der Waals surface area (Å²) in [6, 6.07) is 4.43. The maximum absolute atomic E-state index is 4.40. The van der Waals surface area contributed by atoms with Gasteiger partial charge < -0.3 is 4.90 Å². The summed E-state index contributed by atoms with van der Waals surface area (Å²) in [5, 5.41) is 0. The predicted molar refractivity (Wildman–Crippen MR) is 81.9 cm³/mol. The van der Waals surface area contributed by atoms with Crippen molar-refractivity contribution in [3.63, 3.8) is 0 Å². The van der Waals surface area contributed by atoms with Crippen LogP contribution in [0.1, 0.15) is 45.1 Å². The van der Waals surface area contributed by atoms with E-state index in [1.54, 1.807) is 0 Å². The minimum atomic E-state index is 0.304. The highest BCUT2D eigenvalue weighted by Gasteiger charge is 2.27. The zero-order valence-electron chi connectivity index (χ0n) is 13.0.